The first kappa shape index (κ1) is 19.4. The highest BCUT2D eigenvalue weighted by Crippen LogP contribution is 2.28. The Morgan fingerprint density at radius 3 is 2.24 bits per heavy atom. The first-order valence-electron chi connectivity index (χ1n) is 8.26. The highest BCUT2D eigenvalue weighted by atomic mass is 32.2. The van der Waals surface area contributed by atoms with Crippen LogP contribution in [0.15, 0.2) is 29.2 Å². The lowest BCUT2D eigenvalue weighted by Gasteiger charge is -2.22. The van der Waals surface area contributed by atoms with Crippen LogP contribution in [0.2, 0.25) is 0 Å². The van der Waals surface area contributed by atoms with Crippen LogP contribution in [0.4, 0.5) is 0 Å². The summed E-state index contributed by atoms with van der Waals surface area (Å²) in [5.74, 6) is -0.519. The minimum atomic E-state index is -3.52. The lowest BCUT2D eigenvalue weighted by molar-refractivity contribution is -0.143. The molecular weight excluding hydrogens is 344 g/mol. The van der Waals surface area contributed by atoms with Crippen molar-refractivity contribution < 1.29 is 22.7 Å². The van der Waals surface area contributed by atoms with E-state index in [0.717, 1.165) is 17.1 Å². The number of rotatable bonds is 8. The fourth-order valence-electron chi connectivity index (χ4n) is 2.43. The van der Waals surface area contributed by atoms with Crippen LogP contribution < -0.4 is 0 Å². The standard InChI is InChI=1S/C17H24N2O5S/c1-4-24-16(20)11-12-19(14-7-8-14)17(21)13-5-9-15(10-6-13)25(22,23)18(2)3/h5-6,9-10,14H,4,7-8,11-12H2,1-3H3. The Balaban J connectivity index is 2.10. The van der Waals surface area contributed by atoms with Gasteiger partial charge in [0.15, 0.2) is 0 Å². The highest BCUT2D eigenvalue weighted by molar-refractivity contribution is 7.89. The van der Waals surface area contributed by atoms with E-state index < -0.39 is 10.0 Å². The van der Waals surface area contributed by atoms with Gasteiger partial charge in [0, 0.05) is 32.2 Å². The van der Waals surface area contributed by atoms with Crippen LogP contribution in [-0.2, 0) is 19.6 Å². The van der Waals surface area contributed by atoms with Gasteiger partial charge in [-0.05, 0) is 44.0 Å². The number of amides is 1. The van der Waals surface area contributed by atoms with Crippen molar-refractivity contribution in [3.8, 4) is 0 Å². The van der Waals surface area contributed by atoms with Crippen LogP contribution in [0.1, 0.15) is 36.5 Å². The van der Waals surface area contributed by atoms with Gasteiger partial charge in [-0.25, -0.2) is 12.7 Å². The zero-order chi connectivity index (χ0) is 18.6. The molecule has 0 aromatic heterocycles. The molecule has 2 rings (SSSR count). The molecule has 25 heavy (non-hydrogen) atoms. The Labute approximate surface area is 148 Å². The average molecular weight is 368 g/mol. The number of carbonyl (C=O) groups excluding carboxylic acids is 2. The van der Waals surface area contributed by atoms with Crippen molar-refractivity contribution in [2.24, 2.45) is 0 Å². The second kappa shape index (κ2) is 7.97. The van der Waals surface area contributed by atoms with Crippen molar-refractivity contribution in [1.82, 2.24) is 9.21 Å². The SMILES string of the molecule is CCOC(=O)CCN(C(=O)c1ccc(S(=O)(=O)N(C)C)cc1)C1CC1. The number of ether oxygens (including phenoxy) is 1. The van der Waals surface area contributed by atoms with Crippen LogP contribution >= 0.6 is 0 Å². The second-order valence-corrected chi connectivity index (χ2v) is 8.25. The summed E-state index contributed by atoms with van der Waals surface area (Å²) in [5, 5.41) is 0. The van der Waals surface area contributed by atoms with Gasteiger partial charge in [-0.15, -0.1) is 0 Å². The monoisotopic (exact) mass is 368 g/mol. The highest BCUT2D eigenvalue weighted by Gasteiger charge is 2.33. The predicted octanol–water partition coefficient (Wildman–Crippen LogP) is 1.49. The quantitative estimate of drug-likeness (QED) is 0.649. The van der Waals surface area contributed by atoms with E-state index in [9.17, 15) is 18.0 Å². The van der Waals surface area contributed by atoms with Gasteiger partial charge >= 0.3 is 5.97 Å². The van der Waals surface area contributed by atoms with E-state index in [1.807, 2.05) is 0 Å². The topological polar surface area (TPSA) is 84.0 Å². The molecule has 8 heteroatoms. The van der Waals surface area contributed by atoms with Gasteiger partial charge < -0.3 is 9.64 Å². The Morgan fingerprint density at radius 1 is 1.16 bits per heavy atom. The Kier molecular flexibility index (Phi) is 6.18. The van der Waals surface area contributed by atoms with Crippen molar-refractivity contribution in [2.45, 2.75) is 37.1 Å². The Morgan fingerprint density at radius 2 is 1.76 bits per heavy atom. The summed E-state index contributed by atoms with van der Waals surface area (Å²) in [5.41, 5.74) is 0.411. The number of nitrogens with zero attached hydrogens (tertiary/aromatic N) is 2. The smallest absolute Gasteiger partial charge is 0.307 e. The van der Waals surface area contributed by atoms with Gasteiger partial charge in [0.1, 0.15) is 0 Å². The molecule has 1 aliphatic carbocycles. The number of hydrogen-bond acceptors (Lipinski definition) is 5. The predicted molar refractivity (Wildman–Crippen MR) is 92.6 cm³/mol. The molecule has 0 aliphatic heterocycles. The van der Waals surface area contributed by atoms with Crippen molar-refractivity contribution in [3.05, 3.63) is 29.8 Å². The van der Waals surface area contributed by atoms with Crippen LogP contribution in [0.25, 0.3) is 0 Å². The summed E-state index contributed by atoms with van der Waals surface area (Å²) in [6, 6.07) is 6.03. The lowest BCUT2D eigenvalue weighted by atomic mass is 10.2. The molecule has 0 bridgehead atoms. The van der Waals surface area contributed by atoms with Crippen molar-refractivity contribution in [1.29, 1.82) is 0 Å². The third-order valence-electron chi connectivity index (χ3n) is 3.99. The maximum Gasteiger partial charge on any atom is 0.307 e. The zero-order valence-corrected chi connectivity index (χ0v) is 15.6. The summed E-state index contributed by atoms with van der Waals surface area (Å²) in [4.78, 5) is 26.1. The Bertz CT molecular complexity index is 724. The zero-order valence-electron chi connectivity index (χ0n) is 14.8. The molecule has 0 radical (unpaired) electrons. The molecule has 7 nitrogen and oxygen atoms in total. The van der Waals surface area contributed by atoms with Crippen molar-refractivity contribution in [3.63, 3.8) is 0 Å². The van der Waals surface area contributed by atoms with Crippen LogP contribution in [-0.4, -0.2) is 62.8 Å². The van der Waals surface area contributed by atoms with E-state index in [-0.39, 0.29) is 29.2 Å². The molecule has 1 saturated carbocycles. The molecule has 0 spiro atoms. The van der Waals surface area contributed by atoms with Crippen LogP contribution in [0, 0.1) is 0 Å². The van der Waals surface area contributed by atoms with Crippen LogP contribution in [0.3, 0.4) is 0 Å². The van der Waals surface area contributed by atoms with Gasteiger partial charge in [-0.2, -0.15) is 0 Å². The number of hydrogen-bond donors (Lipinski definition) is 0. The van der Waals surface area contributed by atoms with Gasteiger partial charge in [0.05, 0.1) is 17.9 Å². The van der Waals surface area contributed by atoms with E-state index in [1.54, 1.807) is 11.8 Å². The summed E-state index contributed by atoms with van der Waals surface area (Å²) in [6.07, 6.45) is 1.99. The molecule has 1 aromatic rings. The summed E-state index contributed by atoms with van der Waals surface area (Å²) >= 11 is 0. The minimum absolute atomic E-state index is 0.138. The third-order valence-corrected chi connectivity index (χ3v) is 5.82. The molecule has 1 amide bonds. The maximum absolute atomic E-state index is 12.7. The summed E-state index contributed by atoms with van der Waals surface area (Å²) in [7, 11) is -0.610. The van der Waals surface area contributed by atoms with Gasteiger partial charge in [-0.1, -0.05) is 0 Å². The normalized spacial score (nSPS) is 14.4. The molecule has 0 saturated heterocycles. The van der Waals surface area contributed by atoms with E-state index in [2.05, 4.69) is 0 Å². The number of benzene rings is 1. The molecule has 0 atom stereocenters. The largest absolute Gasteiger partial charge is 0.466 e. The molecule has 1 aromatic carbocycles. The number of esters is 1. The van der Waals surface area contributed by atoms with E-state index in [1.165, 1.54) is 38.4 Å². The fourth-order valence-corrected chi connectivity index (χ4v) is 3.33. The summed E-state index contributed by atoms with van der Waals surface area (Å²) < 4.78 is 30.2. The second-order valence-electron chi connectivity index (χ2n) is 6.10. The third kappa shape index (κ3) is 4.79. The van der Waals surface area contributed by atoms with Crippen molar-refractivity contribution in [2.75, 3.05) is 27.2 Å². The van der Waals surface area contributed by atoms with E-state index >= 15 is 0 Å². The first-order valence-corrected chi connectivity index (χ1v) is 9.70. The van der Waals surface area contributed by atoms with Gasteiger partial charge in [-0.3, -0.25) is 9.59 Å². The molecule has 0 heterocycles. The molecule has 0 unspecified atom stereocenters. The lowest BCUT2D eigenvalue weighted by Crippen LogP contribution is -2.35. The van der Waals surface area contributed by atoms with Crippen LogP contribution in [0.5, 0.6) is 0 Å². The first-order chi connectivity index (χ1) is 11.8. The number of sulfonamides is 1. The molecule has 138 valence electrons. The fraction of sp³-hybridized carbons (Fsp3) is 0.529. The van der Waals surface area contributed by atoms with Crippen molar-refractivity contribution >= 4 is 21.9 Å². The molecule has 1 aliphatic rings. The van der Waals surface area contributed by atoms with E-state index in [0.29, 0.717) is 18.7 Å². The summed E-state index contributed by atoms with van der Waals surface area (Å²) in [6.45, 7) is 2.36. The Hall–Kier alpha value is -1.93. The molecular formula is C17H24N2O5S. The van der Waals surface area contributed by atoms with E-state index in [4.69, 9.17) is 4.74 Å². The number of carbonyl (C=O) groups is 2. The average Bonchev–Trinajstić information content (AvgIpc) is 3.40. The maximum atomic E-state index is 12.7. The van der Waals surface area contributed by atoms with Gasteiger partial charge in [0.2, 0.25) is 10.0 Å². The van der Waals surface area contributed by atoms with Gasteiger partial charge in [0.25, 0.3) is 5.91 Å². The molecule has 0 N–H and O–H groups in total. The molecule has 1 fully saturated rings. The minimum Gasteiger partial charge on any atom is -0.466 e.